The first kappa shape index (κ1) is 16.8. The summed E-state index contributed by atoms with van der Waals surface area (Å²) in [5.41, 5.74) is 2.08. The molecule has 0 spiro atoms. The molecule has 130 valence electrons. The van der Waals surface area contributed by atoms with Gasteiger partial charge in [0.15, 0.2) is 0 Å². The summed E-state index contributed by atoms with van der Waals surface area (Å²) in [5, 5.41) is 6.00. The molecule has 3 rings (SSSR count). The number of carbonyl (C=O) groups is 2. The molecule has 2 aliphatic rings. The van der Waals surface area contributed by atoms with E-state index in [-0.39, 0.29) is 17.9 Å². The Morgan fingerprint density at radius 2 is 1.83 bits per heavy atom. The lowest BCUT2D eigenvalue weighted by Gasteiger charge is -2.32. The number of urea groups is 1. The van der Waals surface area contributed by atoms with Gasteiger partial charge in [0.05, 0.1) is 5.92 Å². The van der Waals surface area contributed by atoms with Crippen molar-refractivity contribution in [1.29, 1.82) is 0 Å². The highest BCUT2D eigenvalue weighted by Crippen LogP contribution is 2.23. The summed E-state index contributed by atoms with van der Waals surface area (Å²) < 4.78 is 0. The quantitative estimate of drug-likeness (QED) is 0.890. The standard InChI is InChI=1S/C19H27N3O2/c1-13(2)14-5-7-16(8-6-14)20-18(23)15-4-3-11-22(12-15)19(24)21-17-9-10-17/h5-8,13,15,17H,3-4,9-12H2,1-2H3,(H,20,23)(H,21,24). The van der Waals surface area contributed by atoms with Crippen LogP contribution in [0.1, 0.15) is 51.0 Å². The number of amides is 3. The van der Waals surface area contributed by atoms with Crippen LogP contribution in [0.15, 0.2) is 24.3 Å². The van der Waals surface area contributed by atoms with Crippen molar-refractivity contribution in [3.63, 3.8) is 0 Å². The predicted molar refractivity (Wildman–Crippen MR) is 95.0 cm³/mol. The molecule has 3 amide bonds. The lowest BCUT2D eigenvalue weighted by atomic mass is 9.97. The van der Waals surface area contributed by atoms with E-state index in [1.54, 1.807) is 4.90 Å². The number of nitrogens with zero attached hydrogens (tertiary/aromatic N) is 1. The summed E-state index contributed by atoms with van der Waals surface area (Å²) in [6, 6.07) is 8.34. The van der Waals surface area contributed by atoms with E-state index in [1.807, 2.05) is 12.1 Å². The first-order valence-corrected chi connectivity index (χ1v) is 8.99. The van der Waals surface area contributed by atoms with Crippen molar-refractivity contribution in [3.05, 3.63) is 29.8 Å². The van der Waals surface area contributed by atoms with Gasteiger partial charge in [0.25, 0.3) is 0 Å². The van der Waals surface area contributed by atoms with E-state index in [9.17, 15) is 9.59 Å². The Labute approximate surface area is 143 Å². The highest BCUT2D eigenvalue weighted by Gasteiger charge is 2.31. The van der Waals surface area contributed by atoms with E-state index in [2.05, 4.69) is 36.6 Å². The van der Waals surface area contributed by atoms with Crippen LogP contribution in [0, 0.1) is 5.92 Å². The minimum atomic E-state index is -0.131. The monoisotopic (exact) mass is 329 g/mol. The van der Waals surface area contributed by atoms with Gasteiger partial charge >= 0.3 is 6.03 Å². The molecule has 0 aromatic heterocycles. The third kappa shape index (κ3) is 4.28. The second-order valence-electron chi connectivity index (χ2n) is 7.27. The van der Waals surface area contributed by atoms with E-state index in [0.717, 1.165) is 37.9 Å². The maximum atomic E-state index is 12.5. The summed E-state index contributed by atoms with van der Waals surface area (Å²) in [7, 11) is 0. The summed E-state index contributed by atoms with van der Waals surface area (Å²) in [6.07, 6.45) is 3.87. The number of benzene rings is 1. The van der Waals surface area contributed by atoms with Crippen molar-refractivity contribution < 1.29 is 9.59 Å². The predicted octanol–water partition coefficient (Wildman–Crippen LogP) is 3.33. The molecule has 5 heteroatoms. The van der Waals surface area contributed by atoms with Gasteiger partial charge in [0.1, 0.15) is 0 Å². The van der Waals surface area contributed by atoms with Crippen LogP contribution in [0.5, 0.6) is 0 Å². The van der Waals surface area contributed by atoms with Crippen molar-refractivity contribution in [2.75, 3.05) is 18.4 Å². The lowest BCUT2D eigenvalue weighted by molar-refractivity contribution is -0.121. The second kappa shape index (κ2) is 7.24. The van der Waals surface area contributed by atoms with Crippen LogP contribution in [-0.2, 0) is 4.79 Å². The Bertz CT molecular complexity index is 593. The molecule has 2 fully saturated rings. The summed E-state index contributed by atoms with van der Waals surface area (Å²) >= 11 is 0. The highest BCUT2D eigenvalue weighted by atomic mass is 16.2. The van der Waals surface area contributed by atoms with Crippen molar-refractivity contribution in [3.8, 4) is 0 Å². The Morgan fingerprint density at radius 3 is 2.46 bits per heavy atom. The van der Waals surface area contributed by atoms with Gasteiger partial charge in [-0.2, -0.15) is 0 Å². The van der Waals surface area contributed by atoms with Gasteiger partial charge in [-0.15, -0.1) is 0 Å². The van der Waals surface area contributed by atoms with Crippen molar-refractivity contribution in [1.82, 2.24) is 10.2 Å². The first-order valence-electron chi connectivity index (χ1n) is 8.99. The Kier molecular flexibility index (Phi) is 5.07. The molecule has 0 bridgehead atoms. The Hall–Kier alpha value is -2.04. The SMILES string of the molecule is CC(C)c1ccc(NC(=O)C2CCCN(C(=O)NC3CC3)C2)cc1. The minimum Gasteiger partial charge on any atom is -0.335 e. The molecule has 1 aliphatic carbocycles. The molecule has 5 nitrogen and oxygen atoms in total. The fraction of sp³-hybridized carbons (Fsp3) is 0.579. The van der Waals surface area contributed by atoms with Gasteiger partial charge < -0.3 is 15.5 Å². The van der Waals surface area contributed by atoms with Gasteiger partial charge in [0, 0.05) is 24.8 Å². The zero-order valence-corrected chi connectivity index (χ0v) is 14.5. The number of likely N-dealkylation sites (tertiary alicyclic amines) is 1. The number of anilines is 1. The van der Waals surface area contributed by atoms with Crippen LogP contribution < -0.4 is 10.6 Å². The number of nitrogens with one attached hydrogen (secondary N) is 2. The largest absolute Gasteiger partial charge is 0.335 e. The third-order valence-corrected chi connectivity index (χ3v) is 4.83. The molecule has 1 unspecified atom stereocenters. The lowest BCUT2D eigenvalue weighted by Crippen LogP contribution is -2.48. The van der Waals surface area contributed by atoms with Crippen molar-refractivity contribution in [2.24, 2.45) is 5.92 Å². The number of piperidine rings is 1. The average Bonchev–Trinajstić information content (AvgIpc) is 3.39. The molecule has 0 radical (unpaired) electrons. The van der Waals surface area contributed by atoms with E-state index in [4.69, 9.17) is 0 Å². The topological polar surface area (TPSA) is 61.4 Å². The van der Waals surface area contributed by atoms with Crippen LogP contribution in [0.2, 0.25) is 0 Å². The number of carbonyl (C=O) groups excluding carboxylic acids is 2. The number of hydrogen-bond acceptors (Lipinski definition) is 2. The molecule has 1 aromatic carbocycles. The molecule has 1 heterocycles. The zero-order chi connectivity index (χ0) is 17.1. The fourth-order valence-electron chi connectivity index (χ4n) is 3.06. The normalized spacial score (nSPS) is 20.8. The Morgan fingerprint density at radius 1 is 1.12 bits per heavy atom. The van der Waals surface area contributed by atoms with Crippen LogP contribution in [0.4, 0.5) is 10.5 Å². The zero-order valence-electron chi connectivity index (χ0n) is 14.5. The van der Waals surface area contributed by atoms with Gasteiger partial charge in [-0.05, 0) is 49.3 Å². The molecular weight excluding hydrogens is 302 g/mol. The van der Waals surface area contributed by atoms with Crippen molar-refractivity contribution >= 4 is 17.6 Å². The highest BCUT2D eigenvalue weighted by molar-refractivity contribution is 5.93. The first-order chi connectivity index (χ1) is 11.5. The molecule has 1 saturated heterocycles. The van der Waals surface area contributed by atoms with E-state index in [0.29, 0.717) is 18.5 Å². The fourth-order valence-corrected chi connectivity index (χ4v) is 3.06. The average molecular weight is 329 g/mol. The van der Waals surface area contributed by atoms with E-state index >= 15 is 0 Å². The van der Waals surface area contributed by atoms with Crippen LogP contribution in [0.3, 0.4) is 0 Å². The van der Waals surface area contributed by atoms with Crippen LogP contribution in [-0.4, -0.2) is 36.0 Å². The summed E-state index contributed by atoms with van der Waals surface area (Å²) in [6.45, 7) is 5.55. The van der Waals surface area contributed by atoms with Gasteiger partial charge in [0.2, 0.25) is 5.91 Å². The molecule has 1 aliphatic heterocycles. The molecule has 1 saturated carbocycles. The van der Waals surface area contributed by atoms with Gasteiger partial charge in [-0.1, -0.05) is 26.0 Å². The maximum absolute atomic E-state index is 12.5. The minimum absolute atomic E-state index is 0.0104. The number of rotatable bonds is 4. The maximum Gasteiger partial charge on any atom is 0.317 e. The third-order valence-electron chi connectivity index (χ3n) is 4.83. The molecule has 1 aromatic rings. The van der Waals surface area contributed by atoms with E-state index < -0.39 is 0 Å². The van der Waals surface area contributed by atoms with Crippen molar-refractivity contribution in [2.45, 2.75) is 51.5 Å². The molecule has 24 heavy (non-hydrogen) atoms. The molecule has 2 N–H and O–H groups in total. The smallest absolute Gasteiger partial charge is 0.317 e. The summed E-state index contributed by atoms with van der Waals surface area (Å²) in [4.78, 5) is 26.5. The Balaban J connectivity index is 1.54. The number of hydrogen-bond donors (Lipinski definition) is 2. The molecule has 1 atom stereocenters. The van der Waals surface area contributed by atoms with Crippen LogP contribution >= 0.6 is 0 Å². The second-order valence-corrected chi connectivity index (χ2v) is 7.27. The van der Waals surface area contributed by atoms with Crippen LogP contribution in [0.25, 0.3) is 0 Å². The summed E-state index contributed by atoms with van der Waals surface area (Å²) in [5.74, 6) is 0.358. The van der Waals surface area contributed by atoms with Gasteiger partial charge in [-0.3, -0.25) is 4.79 Å². The van der Waals surface area contributed by atoms with Gasteiger partial charge in [-0.25, -0.2) is 4.79 Å². The molecular formula is C19H27N3O2. The van der Waals surface area contributed by atoms with E-state index in [1.165, 1.54) is 5.56 Å².